The predicted molar refractivity (Wildman–Crippen MR) is 120 cm³/mol. The molecule has 0 saturated carbocycles. The van der Waals surface area contributed by atoms with Crippen molar-refractivity contribution in [2.24, 2.45) is 4.99 Å². The summed E-state index contributed by atoms with van der Waals surface area (Å²) in [6, 6.07) is 15.3. The lowest BCUT2D eigenvalue weighted by molar-refractivity contribution is 0.581. The number of fused-ring (bicyclic) bond motifs is 1. The van der Waals surface area contributed by atoms with Crippen LogP contribution in [0.5, 0.6) is 0 Å². The summed E-state index contributed by atoms with van der Waals surface area (Å²) in [5.74, 6) is 0.374. The topological polar surface area (TPSA) is 61.3 Å². The molecule has 0 saturated heterocycles. The Morgan fingerprint density at radius 3 is 2.64 bits per heavy atom. The molecule has 0 aliphatic rings. The van der Waals surface area contributed by atoms with Gasteiger partial charge in [-0.05, 0) is 36.4 Å². The fourth-order valence-electron chi connectivity index (χ4n) is 2.61. The van der Waals surface area contributed by atoms with E-state index >= 15 is 0 Å². The number of aliphatic imine (C=N–C) groups is 1. The highest BCUT2D eigenvalue weighted by atomic mass is 127. The largest absolute Gasteiger partial charge is 0.368 e. The number of nitrogens with one attached hydrogen (secondary N) is 3. The minimum Gasteiger partial charge on any atom is -0.368 e. The SMILES string of the molecule is CN=C(NCCNc1ccc2ccccc2n1)NCc1cc(F)ccc1F.I. The number of benzene rings is 2. The van der Waals surface area contributed by atoms with Crippen molar-refractivity contribution in [3.8, 4) is 0 Å². The zero-order valence-electron chi connectivity index (χ0n) is 15.4. The van der Waals surface area contributed by atoms with Crippen molar-refractivity contribution in [3.63, 3.8) is 0 Å². The van der Waals surface area contributed by atoms with E-state index in [1.165, 1.54) is 6.07 Å². The summed E-state index contributed by atoms with van der Waals surface area (Å²) in [6.45, 7) is 1.35. The first-order chi connectivity index (χ1) is 13.2. The average molecular weight is 497 g/mol. The van der Waals surface area contributed by atoms with E-state index in [2.05, 4.69) is 25.9 Å². The quantitative estimate of drug-likeness (QED) is 0.209. The smallest absolute Gasteiger partial charge is 0.191 e. The number of para-hydroxylation sites is 1. The van der Waals surface area contributed by atoms with E-state index in [-0.39, 0.29) is 36.1 Å². The highest BCUT2D eigenvalue weighted by molar-refractivity contribution is 14.0. The second-order valence-corrected chi connectivity index (χ2v) is 5.90. The molecule has 1 aromatic heterocycles. The summed E-state index contributed by atoms with van der Waals surface area (Å²) in [7, 11) is 1.62. The fourth-order valence-corrected chi connectivity index (χ4v) is 2.61. The number of hydrogen-bond acceptors (Lipinski definition) is 3. The number of aromatic nitrogens is 1. The van der Waals surface area contributed by atoms with Gasteiger partial charge in [0.2, 0.25) is 0 Å². The molecule has 0 spiro atoms. The maximum absolute atomic E-state index is 13.6. The molecule has 0 atom stereocenters. The molecule has 2 aromatic carbocycles. The minimum atomic E-state index is -0.469. The summed E-state index contributed by atoms with van der Waals surface area (Å²) in [4.78, 5) is 8.62. The summed E-state index contributed by atoms with van der Waals surface area (Å²) < 4.78 is 26.9. The number of pyridine rings is 1. The van der Waals surface area contributed by atoms with Crippen molar-refractivity contribution in [1.82, 2.24) is 15.6 Å². The molecule has 0 aliphatic carbocycles. The summed E-state index contributed by atoms with van der Waals surface area (Å²) in [5.41, 5.74) is 1.18. The molecule has 0 radical (unpaired) electrons. The highest BCUT2D eigenvalue weighted by Crippen LogP contribution is 2.14. The van der Waals surface area contributed by atoms with Crippen LogP contribution in [0.3, 0.4) is 0 Å². The monoisotopic (exact) mass is 497 g/mol. The Bertz CT molecular complexity index is 949. The van der Waals surface area contributed by atoms with Crippen LogP contribution in [0.15, 0.2) is 59.6 Å². The van der Waals surface area contributed by atoms with E-state index in [1.54, 1.807) is 7.05 Å². The molecule has 3 N–H and O–H groups in total. The molecular weight excluding hydrogens is 475 g/mol. The van der Waals surface area contributed by atoms with Gasteiger partial charge in [0.05, 0.1) is 5.52 Å². The molecular formula is C20H22F2IN5. The first-order valence-corrected chi connectivity index (χ1v) is 8.64. The molecule has 0 amide bonds. The molecule has 3 rings (SSSR count). The Morgan fingerprint density at radius 2 is 1.82 bits per heavy atom. The molecule has 3 aromatic rings. The Hall–Kier alpha value is -2.49. The van der Waals surface area contributed by atoms with Crippen LogP contribution >= 0.6 is 24.0 Å². The minimum absolute atomic E-state index is 0. The number of nitrogens with zero attached hydrogens (tertiary/aromatic N) is 2. The van der Waals surface area contributed by atoms with Gasteiger partial charge in [0.15, 0.2) is 5.96 Å². The summed E-state index contributed by atoms with van der Waals surface area (Å²) >= 11 is 0. The van der Waals surface area contributed by atoms with Gasteiger partial charge in [-0.2, -0.15) is 0 Å². The maximum Gasteiger partial charge on any atom is 0.191 e. The Morgan fingerprint density at radius 1 is 1.00 bits per heavy atom. The molecule has 148 valence electrons. The van der Waals surface area contributed by atoms with Gasteiger partial charge < -0.3 is 16.0 Å². The zero-order valence-corrected chi connectivity index (χ0v) is 17.7. The molecule has 0 unspecified atom stereocenters. The van der Waals surface area contributed by atoms with Crippen molar-refractivity contribution in [2.45, 2.75) is 6.54 Å². The number of anilines is 1. The molecule has 5 nitrogen and oxygen atoms in total. The normalized spacial score (nSPS) is 11.0. The van der Waals surface area contributed by atoms with Crippen LogP contribution in [0, 0.1) is 11.6 Å². The average Bonchev–Trinajstić information content (AvgIpc) is 2.69. The second-order valence-electron chi connectivity index (χ2n) is 5.90. The second kappa shape index (κ2) is 10.7. The van der Waals surface area contributed by atoms with Crippen molar-refractivity contribution >= 4 is 46.7 Å². The molecule has 0 fully saturated rings. The van der Waals surface area contributed by atoms with Crippen LogP contribution in [0.4, 0.5) is 14.6 Å². The maximum atomic E-state index is 13.6. The van der Waals surface area contributed by atoms with Gasteiger partial charge in [-0.1, -0.05) is 18.2 Å². The lowest BCUT2D eigenvalue weighted by Crippen LogP contribution is -2.39. The predicted octanol–water partition coefficient (Wildman–Crippen LogP) is 3.91. The van der Waals surface area contributed by atoms with Crippen LogP contribution < -0.4 is 16.0 Å². The van der Waals surface area contributed by atoms with E-state index in [9.17, 15) is 8.78 Å². The first-order valence-electron chi connectivity index (χ1n) is 8.64. The summed E-state index contributed by atoms with van der Waals surface area (Å²) in [5, 5.41) is 10.4. The van der Waals surface area contributed by atoms with Gasteiger partial charge in [-0.3, -0.25) is 4.99 Å². The van der Waals surface area contributed by atoms with Crippen molar-refractivity contribution in [2.75, 3.05) is 25.5 Å². The van der Waals surface area contributed by atoms with Crippen LogP contribution in [0.25, 0.3) is 10.9 Å². The first kappa shape index (κ1) is 21.8. The Labute approximate surface area is 179 Å². The van der Waals surface area contributed by atoms with Crippen molar-refractivity contribution < 1.29 is 8.78 Å². The third kappa shape index (κ3) is 6.01. The van der Waals surface area contributed by atoms with Gasteiger partial charge in [0, 0.05) is 37.6 Å². The lowest BCUT2D eigenvalue weighted by Gasteiger charge is -2.13. The summed E-state index contributed by atoms with van der Waals surface area (Å²) in [6.07, 6.45) is 0. The number of hydrogen-bond donors (Lipinski definition) is 3. The standard InChI is InChI=1S/C20H21F2N5.HI/c1-23-20(26-13-15-12-16(21)7-8-17(15)22)25-11-10-24-19-9-6-14-4-2-3-5-18(14)27-19;/h2-9,12H,10-11,13H2,1H3,(H,24,27)(H2,23,25,26);1H. The van der Waals surface area contributed by atoms with E-state index in [0.717, 1.165) is 28.9 Å². The zero-order chi connectivity index (χ0) is 19.1. The van der Waals surface area contributed by atoms with Crippen LogP contribution in [-0.4, -0.2) is 31.1 Å². The van der Waals surface area contributed by atoms with Crippen molar-refractivity contribution in [3.05, 3.63) is 71.8 Å². The Kier molecular flexibility index (Phi) is 8.37. The molecule has 0 bridgehead atoms. The number of guanidine groups is 1. The fraction of sp³-hybridized carbons (Fsp3) is 0.200. The highest BCUT2D eigenvalue weighted by Gasteiger charge is 2.05. The van der Waals surface area contributed by atoms with Crippen LogP contribution in [0.1, 0.15) is 5.56 Å². The van der Waals surface area contributed by atoms with Crippen molar-refractivity contribution in [1.29, 1.82) is 0 Å². The van der Waals surface area contributed by atoms with Gasteiger partial charge in [0.25, 0.3) is 0 Å². The third-order valence-corrected chi connectivity index (χ3v) is 4.00. The molecule has 1 heterocycles. The van der Waals surface area contributed by atoms with E-state index in [1.807, 2.05) is 36.4 Å². The van der Waals surface area contributed by atoms with Gasteiger partial charge >= 0.3 is 0 Å². The molecule has 0 aliphatic heterocycles. The van der Waals surface area contributed by atoms with Crippen LogP contribution in [0.2, 0.25) is 0 Å². The Balaban J connectivity index is 0.00000280. The van der Waals surface area contributed by atoms with Gasteiger partial charge in [-0.15, -0.1) is 24.0 Å². The van der Waals surface area contributed by atoms with Gasteiger partial charge in [0.1, 0.15) is 17.5 Å². The van der Waals surface area contributed by atoms with Gasteiger partial charge in [-0.25, -0.2) is 13.8 Å². The van der Waals surface area contributed by atoms with E-state index < -0.39 is 11.6 Å². The van der Waals surface area contributed by atoms with E-state index in [4.69, 9.17) is 0 Å². The number of rotatable bonds is 6. The number of halogens is 3. The lowest BCUT2D eigenvalue weighted by atomic mass is 10.2. The van der Waals surface area contributed by atoms with E-state index in [0.29, 0.717) is 19.0 Å². The molecule has 8 heteroatoms. The van der Waals surface area contributed by atoms with Crippen LogP contribution in [-0.2, 0) is 6.54 Å². The third-order valence-electron chi connectivity index (χ3n) is 4.00. The molecule has 28 heavy (non-hydrogen) atoms.